The van der Waals surface area contributed by atoms with Crippen LogP contribution in [0.1, 0.15) is 13.8 Å². The molecule has 0 fully saturated rings. The van der Waals surface area contributed by atoms with Crippen molar-refractivity contribution in [3.05, 3.63) is 36.1 Å². The van der Waals surface area contributed by atoms with Gasteiger partial charge in [-0.3, -0.25) is 0 Å². The molecular weight excluding hydrogens is 134 g/mol. The molecule has 0 aromatic rings. The molecule has 1 nitrogen and oxygen atoms in total. The summed E-state index contributed by atoms with van der Waals surface area (Å²) in [4.78, 5) is 0. The molecule has 0 amide bonds. The lowest BCUT2D eigenvalue weighted by molar-refractivity contribution is 0.701. The van der Waals surface area contributed by atoms with E-state index in [1.807, 2.05) is 12.2 Å². The maximum absolute atomic E-state index is 3.64. The van der Waals surface area contributed by atoms with Gasteiger partial charge in [0.2, 0.25) is 0 Å². The normalized spacial score (nSPS) is 24.4. The van der Waals surface area contributed by atoms with E-state index < -0.39 is 0 Å². The number of hydrogen-bond acceptors (Lipinski definition) is 1. The Bertz CT molecular complexity index is 211. The summed E-state index contributed by atoms with van der Waals surface area (Å²) in [6, 6.07) is 0. The number of allylic oxidation sites excluding steroid dienone is 4. The molecule has 60 valence electrons. The summed E-state index contributed by atoms with van der Waals surface area (Å²) in [7, 11) is 0. The van der Waals surface area contributed by atoms with Gasteiger partial charge in [0.05, 0.1) is 0 Å². The van der Waals surface area contributed by atoms with E-state index in [-0.39, 0.29) is 0 Å². The average Bonchev–Trinajstić information content (AvgIpc) is 2.29. The topological polar surface area (TPSA) is 12.0 Å². The van der Waals surface area contributed by atoms with Crippen molar-refractivity contribution in [2.24, 2.45) is 5.92 Å². The van der Waals surface area contributed by atoms with Crippen LogP contribution in [-0.4, -0.2) is 6.54 Å². The second-order valence-corrected chi connectivity index (χ2v) is 2.96. The zero-order valence-corrected chi connectivity index (χ0v) is 7.22. The highest BCUT2D eigenvalue weighted by atomic mass is 14.9. The summed E-state index contributed by atoms with van der Waals surface area (Å²) in [5.74, 6) is 0.645. The van der Waals surface area contributed by atoms with Crippen LogP contribution in [0, 0.1) is 5.92 Å². The van der Waals surface area contributed by atoms with Gasteiger partial charge in [0.25, 0.3) is 0 Å². The van der Waals surface area contributed by atoms with Crippen LogP contribution < -0.4 is 5.32 Å². The van der Waals surface area contributed by atoms with E-state index in [1.54, 1.807) is 0 Å². The summed E-state index contributed by atoms with van der Waals surface area (Å²) in [6.07, 6.45) is 5.93. The fourth-order valence-corrected chi connectivity index (χ4v) is 1.35. The first-order valence-corrected chi connectivity index (χ1v) is 3.99. The van der Waals surface area contributed by atoms with Crippen molar-refractivity contribution < 1.29 is 0 Å². The van der Waals surface area contributed by atoms with Gasteiger partial charge in [0, 0.05) is 18.2 Å². The van der Waals surface area contributed by atoms with Gasteiger partial charge in [-0.1, -0.05) is 31.7 Å². The maximum Gasteiger partial charge on any atom is 0.0210 e. The monoisotopic (exact) mass is 149 g/mol. The maximum atomic E-state index is 3.64. The predicted octanol–water partition coefficient (Wildman–Crippen LogP) is 2.24. The van der Waals surface area contributed by atoms with E-state index in [9.17, 15) is 0 Å². The Morgan fingerprint density at radius 1 is 1.64 bits per heavy atom. The minimum absolute atomic E-state index is 0.645. The van der Waals surface area contributed by atoms with Crippen molar-refractivity contribution in [2.75, 3.05) is 6.54 Å². The van der Waals surface area contributed by atoms with Gasteiger partial charge in [0.15, 0.2) is 0 Å². The third-order valence-electron chi connectivity index (χ3n) is 2.05. The second kappa shape index (κ2) is 3.42. The van der Waals surface area contributed by atoms with Gasteiger partial charge in [-0.25, -0.2) is 0 Å². The highest BCUT2D eigenvalue weighted by Crippen LogP contribution is 2.20. The SMILES string of the molecule is C=C/C=C\C1=C(C)NCC1C. The molecule has 0 saturated heterocycles. The molecule has 1 aliphatic rings. The highest BCUT2D eigenvalue weighted by molar-refractivity contribution is 5.31. The van der Waals surface area contributed by atoms with Crippen molar-refractivity contribution in [2.45, 2.75) is 13.8 Å². The minimum Gasteiger partial charge on any atom is -0.388 e. The smallest absolute Gasteiger partial charge is 0.0210 e. The van der Waals surface area contributed by atoms with Crippen molar-refractivity contribution in [3.8, 4) is 0 Å². The van der Waals surface area contributed by atoms with Crippen LogP contribution in [0.15, 0.2) is 36.1 Å². The van der Waals surface area contributed by atoms with Crippen molar-refractivity contribution in [1.29, 1.82) is 0 Å². The average molecular weight is 149 g/mol. The Balaban J connectivity index is 2.74. The number of rotatable bonds is 2. The fourth-order valence-electron chi connectivity index (χ4n) is 1.35. The van der Waals surface area contributed by atoms with Gasteiger partial charge in [-0.05, 0) is 12.5 Å². The summed E-state index contributed by atoms with van der Waals surface area (Å²) in [6.45, 7) is 9.06. The van der Waals surface area contributed by atoms with E-state index in [1.165, 1.54) is 11.3 Å². The molecule has 1 heteroatoms. The number of hydrogen-bond donors (Lipinski definition) is 1. The van der Waals surface area contributed by atoms with Gasteiger partial charge in [0.1, 0.15) is 0 Å². The van der Waals surface area contributed by atoms with Gasteiger partial charge >= 0.3 is 0 Å². The zero-order chi connectivity index (χ0) is 8.27. The van der Waals surface area contributed by atoms with E-state index in [4.69, 9.17) is 0 Å². The Morgan fingerprint density at radius 3 is 2.82 bits per heavy atom. The molecule has 0 radical (unpaired) electrons. The first kappa shape index (κ1) is 8.12. The van der Waals surface area contributed by atoms with Crippen molar-refractivity contribution in [1.82, 2.24) is 5.32 Å². The zero-order valence-electron chi connectivity index (χ0n) is 7.22. The lowest BCUT2D eigenvalue weighted by Crippen LogP contribution is -2.08. The fraction of sp³-hybridized carbons (Fsp3) is 0.400. The molecule has 1 heterocycles. The van der Waals surface area contributed by atoms with Crippen LogP contribution >= 0.6 is 0 Å². The molecule has 1 unspecified atom stereocenters. The molecule has 0 aromatic heterocycles. The Morgan fingerprint density at radius 2 is 2.36 bits per heavy atom. The van der Waals surface area contributed by atoms with Crippen LogP contribution in [0.5, 0.6) is 0 Å². The molecule has 11 heavy (non-hydrogen) atoms. The molecule has 1 rings (SSSR count). The Labute approximate surface area is 68.5 Å². The third kappa shape index (κ3) is 1.73. The molecule has 1 N–H and O–H groups in total. The van der Waals surface area contributed by atoms with Crippen molar-refractivity contribution >= 4 is 0 Å². The summed E-state index contributed by atoms with van der Waals surface area (Å²) in [5.41, 5.74) is 2.71. The first-order chi connectivity index (χ1) is 5.25. The van der Waals surface area contributed by atoms with E-state index >= 15 is 0 Å². The Hall–Kier alpha value is -0.980. The first-order valence-electron chi connectivity index (χ1n) is 3.99. The standard InChI is InChI=1S/C10H15N/c1-4-5-6-10-8(2)7-11-9(10)3/h4-6,8,11H,1,7H2,2-3H3/b6-5-. The molecule has 0 aromatic carbocycles. The molecular formula is C10H15N. The van der Waals surface area contributed by atoms with Crippen LogP contribution in [-0.2, 0) is 0 Å². The third-order valence-corrected chi connectivity index (χ3v) is 2.05. The van der Waals surface area contributed by atoms with Crippen LogP contribution in [0.3, 0.4) is 0 Å². The Kier molecular flexibility index (Phi) is 2.53. The molecule has 0 bridgehead atoms. The summed E-state index contributed by atoms with van der Waals surface area (Å²) < 4.78 is 0. The van der Waals surface area contributed by atoms with Crippen LogP contribution in [0.25, 0.3) is 0 Å². The van der Waals surface area contributed by atoms with E-state index in [2.05, 4.69) is 31.8 Å². The molecule has 1 aliphatic heterocycles. The van der Waals surface area contributed by atoms with E-state index in [0.29, 0.717) is 5.92 Å². The molecule has 1 atom stereocenters. The highest BCUT2D eigenvalue weighted by Gasteiger charge is 2.15. The number of nitrogens with one attached hydrogen (secondary N) is 1. The van der Waals surface area contributed by atoms with Crippen molar-refractivity contribution in [3.63, 3.8) is 0 Å². The lowest BCUT2D eigenvalue weighted by Gasteiger charge is -2.00. The molecule has 0 spiro atoms. The molecule has 0 saturated carbocycles. The van der Waals surface area contributed by atoms with Gasteiger partial charge in [-0.2, -0.15) is 0 Å². The minimum atomic E-state index is 0.645. The van der Waals surface area contributed by atoms with Crippen LogP contribution in [0.2, 0.25) is 0 Å². The quantitative estimate of drug-likeness (QED) is 0.594. The van der Waals surface area contributed by atoms with Gasteiger partial charge < -0.3 is 5.32 Å². The predicted molar refractivity (Wildman–Crippen MR) is 49.2 cm³/mol. The lowest BCUT2D eigenvalue weighted by atomic mass is 10.0. The largest absolute Gasteiger partial charge is 0.388 e. The van der Waals surface area contributed by atoms with Crippen LogP contribution in [0.4, 0.5) is 0 Å². The summed E-state index contributed by atoms with van der Waals surface area (Å²) in [5, 5.41) is 3.32. The van der Waals surface area contributed by atoms with E-state index in [0.717, 1.165) is 6.54 Å². The molecule has 0 aliphatic carbocycles. The van der Waals surface area contributed by atoms with Gasteiger partial charge in [-0.15, -0.1) is 0 Å². The second-order valence-electron chi connectivity index (χ2n) is 2.96. The summed E-state index contributed by atoms with van der Waals surface area (Å²) >= 11 is 0.